The molecule has 1 saturated heterocycles. The van der Waals surface area contributed by atoms with Crippen LogP contribution in [0.1, 0.15) is 47.4 Å². The largest absolute Gasteiger partial charge is 0.496 e. The van der Waals surface area contributed by atoms with Gasteiger partial charge in [0.1, 0.15) is 5.75 Å². The molecule has 2 aromatic rings. The van der Waals surface area contributed by atoms with Crippen LogP contribution in [0.4, 0.5) is 5.69 Å². The Morgan fingerprint density at radius 3 is 2.34 bits per heavy atom. The Labute approximate surface area is 188 Å². The predicted molar refractivity (Wildman–Crippen MR) is 121 cm³/mol. The topological polar surface area (TPSA) is 102 Å². The van der Waals surface area contributed by atoms with Crippen molar-refractivity contribution in [1.29, 1.82) is 0 Å². The highest BCUT2D eigenvalue weighted by atomic mass is 32.2. The molecule has 0 radical (unpaired) electrons. The molecular formula is C23H28N2O6S. The second kappa shape index (κ2) is 10.0. The fourth-order valence-corrected chi connectivity index (χ4v) is 4.59. The number of methoxy groups -OCH3 is 1. The highest BCUT2D eigenvalue weighted by molar-refractivity contribution is 7.92. The Balaban J connectivity index is 1.82. The van der Waals surface area contributed by atoms with Crippen LogP contribution in [0.2, 0.25) is 0 Å². The van der Waals surface area contributed by atoms with Crippen LogP contribution < -0.4 is 9.46 Å². The van der Waals surface area contributed by atoms with Gasteiger partial charge in [-0.15, -0.1) is 0 Å². The summed E-state index contributed by atoms with van der Waals surface area (Å²) in [7, 11) is -2.52. The molecule has 0 unspecified atom stereocenters. The van der Waals surface area contributed by atoms with Gasteiger partial charge in [0.25, 0.3) is 15.9 Å². The third kappa shape index (κ3) is 5.40. The average molecular weight is 461 g/mol. The summed E-state index contributed by atoms with van der Waals surface area (Å²) >= 11 is 0. The van der Waals surface area contributed by atoms with Gasteiger partial charge >= 0.3 is 5.97 Å². The van der Waals surface area contributed by atoms with E-state index >= 15 is 0 Å². The molecule has 0 aromatic heterocycles. The first-order chi connectivity index (χ1) is 15.2. The zero-order valence-electron chi connectivity index (χ0n) is 18.5. The molecule has 9 heteroatoms. The van der Waals surface area contributed by atoms with Gasteiger partial charge in [-0.25, -0.2) is 13.2 Å². The molecule has 1 aliphatic heterocycles. The summed E-state index contributed by atoms with van der Waals surface area (Å²) in [6.45, 7) is 5.37. The number of piperidine rings is 1. The van der Waals surface area contributed by atoms with Crippen LogP contribution in [0, 0.1) is 5.92 Å². The molecule has 1 amide bonds. The van der Waals surface area contributed by atoms with Gasteiger partial charge in [-0.1, -0.05) is 6.92 Å². The van der Waals surface area contributed by atoms with Crippen LogP contribution in [0.5, 0.6) is 5.75 Å². The van der Waals surface area contributed by atoms with Crippen molar-refractivity contribution in [3.8, 4) is 5.75 Å². The van der Waals surface area contributed by atoms with E-state index in [1.165, 1.54) is 49.6 Å². The molecule has 8 nitrogen and oxygen atoms in total. The number of ether oxygens (including phenoxy) is 2. The zero-order valence-corrected chi connectivity index (χ0v) is 19.3. The van der Waals surface area contributed by atoms with Crippen LogP contribution in [-0.4, -0.2) is 52.0 Å². The van der Waals surface area contributed by atoms with E-state index < -0.39 is 16.0 Å². The van der Waals surface area contributed by atoms with Crippen LogP contribution in [-0.2, 0) is 14.8 Å². The molecule has 0 aliphatic carbocycles. The fraction of sp³-hybridized carbons (Fsp3) is 0.391. The van der Waals surface area contributed by atoms with Gasteiger partial charge in [-0.3, -0.25) is 9.52 Å². The van der Waals surface area contributed by atoms with Crippen molar-refractivity contribution in [1.82, 2.24) is 4.90 Å². The first-order valence-corrected chi connectivity index (χ1v) is 12.0. The number of carbonyl (C=O) groups excluding carboxylic acids is 2. The minimum atomic E-state index is -3.97. The lowest BCUT2D eigenvalue weighted by Gasteiger charge is -2.30. The number of sulfonamides is 1. The fourth-order valence-electron chi connectivity index (χ4n) is 3.51. The molecule has 2 aromatic carbocycles. The van der Waals surface area contributed by atoms with Crippen molar-refractivity contribution in [2.75, 3.05) is 31.5 Å². The van der Waals surface area contributed by atoms with E-state index in [9.17, 15) is 18.0 Å². The Morgan fingerprint density at radius 2 is 1.75 bits per heavy atom. The molecular weight excluding hydrogens is 432 g/mol. The van der Waals surface area contributed by atoms with E-state index in [1.54, 1.807) is 11.8 Å². The van der Waals surface area contributed by atoms with Crippen molar-refractivity contribution in [2.24, 2.45) is 5.92 Å². The molecule has 0 saturated carbocycles. The van der Waals surface area contributed by atoms with E-state index in [-0.39, 0.29) is 28.7 Å². The molecule has 1 aliphatic rings. The zero-order chi connectivity index (χ0) is 23.3. The summed E-state index contributed by atoms with van der Waals surface area (Å²) in [5.74, 6) is 0.162. The number of hydrogen-bond acceptors (Lipinski definition) is 6. The van der Waals surface area contributed by atoms with Crippen molar-refractivity contribution in [2.45, 2.75) is 31.6 Å². The van der Waals surface area contributed by atoms with Crippen molar-refractivity contribution < 1.29 is 27.5 Å². The van der Waals surface area contributed by atoms with E-state index in [0.717, 1.165) is 12.8 Å². The Hall–Kier alpha value is -3.07. The molecule has 172 valence electrons. The van der Waals surface area contributed by atoms with E-state index in [1.807, 2.05) is 0 Å². The van der Waals surface area contributed by atoms with E-state index in [4.69, 9.17) is 9.47 Å². The molecule has 0 atom stereocenters. The molecule has 32 heavy (non-hydrogen) atoms. The van der Waals surface area contributed by atoms with E-state index in [0.29, 0.717) is 30.3 Å². The molecule has 0 spiro atoms. The molecule has 1 N–H and O–H groups in total. The summed E-state index contributed by atoms with van der Waals surface area (Å²) in [5.41, 5.74) is 0.817. The van der Waals surface area contributed by atoms with Crippen LogP contribution in [0.3, 0.4) is 0 Å². The van der Waals surface area contributed by atoms with Crippen molar-refractivity contribution in [3.05, 3.63) is 53.6 Å². The lowest BCUT2D eigenvalue weighted by molar-refractivity contribution is 0.0526. The number of nitrogens with one attached hydrogen (secondary N) is 1. The van der Waals surface area contributed by atoms with Gasteiger partial charge < -0.3 is 14.4 Å². The minimum absolute atomic E-state index is 0.0542. The number of nitrogens with zero attached hydrogens (tertiary/aromatic N) is 1. The number of amides is 1. The third-order valence-electron chi connectivity index (χ3n) is 5.43. The van der Waals surface area contributed by atoms with Gasteiger partial charge in [-0.2, -0.15) is 0 Å². The third-order valence-corrected chi connectivity index (χ3v) is 6.81. The van der Waals surface area contributed by atoms with Crippen molar-refractivity contribution in [3.63, 3.8) is 0 Å². The number of anilines is 1. The Bertz CT molecular complexity index is 1070. The maximum atomic E-state index is 13.1. The summed E-state index contributed by atoms with van der Waals surface area (Å²) in [5, 5.41) is 0. The molecule has 1 fully saturated rings. The highest BCUT2D eigenvalue weighted by Crippen LogP contribution is 2.27. The van der Waals surface area contributed by atoms with E-state index in [2.05, 4.69) is 11.6 Å². The first-order valence-electron chi connectivity index (χ1n) is 10.5. The SMILES string of the molecule is CCOC(=O)c1ccc(NS(=O)(=O)c2ccc(OC)c(C(=O)N3CCC(C)CC3)c2)cc1. The normalized spacial score (nSPS) is 14.7. The van der Waals surface area contributed by atoms with Gasteiger partial charge in [0.05, 0.1) is 29.7 Å². The number of hydrogen-bond donors (Lipinski definition) is 1. The van der Waals surface area contributed by atoms with Gasteiger partial charge in [0.2, 0.25) is 0 Å². The molecule has 3 rings (SSSR count). The summed E-state index contributed by atoms with van der Waals surface area (Å²) in [6, 6.07) is 10.1. The van der Waals surface area contributed by atoms with Crippen LogP contribution >= 0.6 is 0 Å². The average Bonchev–Trinajstić information content (AvgIpc) is 2.79. The summed E-state index contributed by atoms with van der Waals surface area (Å²) in [6.07, 6.45) is 1.82. The first kappa shape index (κ1) is 23.6. The minimum Gasteiger partial charge on any atom is -0.496 e. The van der Waals surface area contributed by atoms with Crippen molar-refractivity contribution >= 4 is 27.6 Å². The Morgan fingerprint density at radius 1 is 1.09 bits per heavy atom. The maximum Gasteiger partial charge on any atom is 0.338 e. The van der Waals surface area contributed by atoms with Crippen LogP contribution in [0.25, 0.3) is 0 Å². The molecule has 0 bridgehead atoms. The molecule has 1 heterocycles. The number of rotatable bonds is 7. The summed E-state index contributed by atoms with van der Waals surface area (Å²) in [4.78, 5) is 26.5. The lowest BCUT2D eigenvalue weighted by atomic mass is 9.98. The maximum absolute atomic E-state index is 13.1. The second-order valence-corrected chi connectivity index (χ2v) is 9.42. The quantitative estimate of drug-likeness (QED) is 0.634. The van der Waals surface area contributed by atoms with Gasteiger partial charge in [0, 0.05) is 18.8 Å². The van der Waals surface area contributed by atoms with Crippen LogP contribution in [0.15, 0.2) is 47.4 Å². The second-order valence-electron chi connectivity index (χ2n) is 7.74. The number of carbonyl (C=O) groups is 2. The summed E-state index contributed by atoms with van der Waals surface area (Å²) < 4.78 is 38.6. The Kier molecular flexibility index (Phi) is 7.40. The van der Waals surface area contributed by atoms with Gasteiger partial charge in [0.15, 0.2) is 0 Å². The smallest absolute Gasteiger partial charge is 0.338 e. The predicted octanol–water partition coefficient (Wildman–Crippen LogP) is 3.54. The standard InChI is InChI=1S/C23H28N2O6S/c1-4-31-23(27)17-5-7-18(8-6-17)24-32(28,29)19-9-10-21(30-3)20(15-19)22(26)25-13-11-16(2)12-14-25/h5-10,15-16,24H,4,11-14H2,1-3H3. The monoisotopic (exact) mass is 460 g/mol. The number of likely N-dealkylation sites (tertiary alicyclic amines) is 1. The highest BCUT2D eigenvalue weighted by Gasteiger charge is 2.26. The lowest BCUT2D eigenvalue weighted by Crippen LogP contribution is -2.38. The van der Waals surface area contributed by atoms with Gasteiger partial charge in [-0.05, 0) is 68.1 Å². The number of benzene rings is 2. The number of esters is 1.